The number of amides is 1. The summed E-state index contributed by atoms with van der Waals surface area (Å²) in [5, 5.41) is 11.9. The number of carbonyl (C=O) groups is 1. The van der Waals surface area contributed by atoms with Crippen LogP contribution in [0.5, 0.6) is 11.5 Å². The molecule has 0 spiro atoms. The highest BCUT2D eigenvalue weighted by atomic mass is 16.5. The van der Waals surface area contributed by atoms with Gasteiger partial charge in [0.25, 0.3) is 11.6 Å². The molecule has 4 rings (SSSR count). The van der Waals surface area contributed by atoms with Crippen LogP contribution < -0.4 is 14.8 Å². The summed E-state index contributed by atoms with van der Waals surface area (Å²) in [6, 6.07) is 8.71. The number of carbonyl (C=O) groups excluding carboxylic acids is 1. The Kier molecular flexibility index (Phi) is 5.09. The molecule has 30 heavy (non-hydrogen) atoms. The van der Waals surface area contributed by atoms with Crippen LogP contribution in [0.4, 0.5) is 5.69 Å². The summed E-state index contributed by atoms with van der Waals surface area (Å²) < 4.78 is 17.7. The van der Waals surface area contributed by atoms with Crippen molar-refractivity contribution in [3.8, 4) is 22.9 Å². The Morgan fingerprint density at radius 2 is 2.00 bits per heavy atom. The van der Waals surface area contributed by atoms with Gasteiger partial charge in [-0.05, 0) is 38.1 Å². The summed E-state index contributed by atoms with van der Waals surface area (Å²) >= 11 is 0. The van der Waals surface area contributed by atoms with E-state index in [1.807, 2.05) is 19.2 Å². The zero-order chi connectivity index (χ0) is 21.3. The molecule has 0 aliphatic rings. The lowest BCUT2D eigenvalue weighted by Gasteiger charge is -2.12. The average molecular weight is 407 g/mol. The highest BCUT2D eigenvalue weighted by Crippen LogP contribution is 2.31. The van der Waals surface area contributed by atoms with Crippen LogP contribution in [0.25, 0.3) is 22.5 Å². The molecular formula is C21H21N5O4. The van der Waals surface area contributed by atoms with Crippen LogP contribution in [0, 0.1) is 6.92 Å². The Balaban J connectivity index is 1.79. The topological polar surface area (TPSA) is 104 Å². The first kappa shape index (κ1) is 19.4. The third kappa shape index (κ3) is 3.45. The number of aryl methyl sites for hydroxylation is 2. The molecule has 1 amide bonds. The first-order valence-corrected chi connectivity index (χ1v) is 9.38. The van der Waals surface area contributed by atoms with E-state index in [1.165, 1.54) is 7.11 Å². The molecule has 0 aliphatic carbocycles. The SMILES string of the molecule is CCn1ccc(-c2cc(C(=O)Nc3cc(OC)ccc3OC)c3c(C)noc3n2)n1. The Bertz CT molecular complexity index is 1230. The number of nitrogens with zero attached hydrogens (tertiary/aromatic N) is 4. The van der Waals surface area contributed by atoms with Crippen molar-refractivity contribution in [1.82, 2.24) is 19.9 Å². The van der Waals surface area contributed by atoms with Crippen LogP contribution in [-0.2, 0) is 6.54 Å². The maximum absolute atomic E-state index is 13.3. The Labute approximate surface area is 172 Å². The van der Waals surface area contributed by atoms with E-state index in [0.717, 1.165) is 6.54 Å². The number of rotatable bonds is 6. The van der Waals surface area contributed by atoms with Crippen LogP contribution in [0.3, 0.4) is 0 Å². The third-order valence-electron chi connectivity index (χ3n) is 4.74. The number of ether oxygens (including phenoxy) is 2. The second-order valence-electron chi connectivity index (χ2n) is 6.58. The van der Waals surface area contributed by atoms with E-state index in [1.54, 1.807) is 43.0 Å². The van der Waals surface area contributed by atoms with Crippen molar-refractivity contribution in [2.45, 2.75) is 20.4 Å². The van der Waals surface area contributed by atoms with Crippen LogP contribution in [0.2, 0.25) is 0 Å². The summed E-state index contributed by atoms with van der Waals surface area (Å²) in [5.74, 6) is 0.757. The van der Waals surface area contributed by atoms with Gasteiger partial charge in [0.05, 0.1) is 42.2 Å². The van der Waals surface area contributed by atoms with Gasteiger partial charge in [-0.2, -0.15) is 5.10 Å². The molecule has 1 aromatic carbocycles. The minimum atomic E-state index is -0.351. The van der Waals surface area contributed by atoms with Crippen molar-refractivity contribution < 1.29 is 18.8 Å². The van der Waals surface area contributed by atoms with Crippen molar-refractivity contribution in [2.24, 2.45) is 0 Å². The number of aromatic nitrogens is 4. The van der Waals surface area contributed by atoms with Crippen LogP contribution in [0.1, 0.15) is 23.0 Å². The van der Waals surface area contributed by atoms with Crippen LogP contribution in [0.15, 0.2) is 41.1 Å². The summed E-state index contributed by atoms with van der Waals surface area (Å²) in [6.07, 6.45) is 1.85. The van der Waals surface area contributed by atoms with Gasteiger partial charge in [-0.25, -0.2) is 4.98 Å². The van der Waals surface area contributed by atoms with Crippen molar-refractivity contribution in [2.75, 3.05) is 19.5 Å². The maximum atomic E-state index is 13.3. The van der Waals surface area contributed by atoms with Gasteiger partial charge in [-0.3, -0.25) is 9.48 Å². The fraction of sp³-hybridized carbons (Fsp3) is 0.238. The van der Waals surface area contributed by atoms with E-state index in [4.69, 9.17) is 14.0 Å². The predicted octanol–water partition coefficient (Wildman–Crippen LogP) is 3.68. The van der Waals surface area contributed by atoms with Gasteiger partial charge < -0.3 is 19.3 Å². The van der Waals surface area contributed by atoms with Crippen molar-refractivity contribution in [3.05, 3.63) is 47.8 Å². The van der Waals surface area contributed by atoms with Crippen molar-refractivity contribution in [1.29, 1.82) is 0 Å². The molecule has 0 atom stereocenters. The highest BCUT2D eigenvalue weighted by Gasteiger charge is 2.21. The van der Waals surface area contributed by atoms with Gasteiger partial charge in [-0.1, -0.05) is 5.16 Å². The van der Waals surface area contributed by atoms with Crippen molar-refractivity contribution in [3.63, 3.8) is 0 Å². The van der Waals surface area contributed by atoms with E-state index in [2.05, 4.69) is 20.6 Å². The van der Waals surface area contributed by atoms with Gasteiger partial charge in [0.15, 0.2) is 0 Å². The zero-order valence-corrected chi connectivity index (χ0v) is 17.1. The number of anilines is 1. The standard InChI is InChI=1S/C21H21N5O4/c1-5-26-9-8-15(24-26)16-11-14(19-12(2)25-30-21(19)23-16)20(27)22-17-10-13(28-3)6-7-18(17)29-4/h6-11H,5H2,1-4H3,(H,22,27). The molecule has 9 heteroatoms. The molecule has 0 radical (unpaired) electrons. The fourth-order valence-electron chi connectivity index (χ4n) is 3.18. The number of benzene rings is 1. The molecule has 3 aromatic heterocycles. The number of hydrogen-bond acceptors (Lipinski definition) is 7. The lowest BCUT2D eigenvalue weighted by molar-refractivity contribution is 0.102. The lowest BCUT2D eigenvalue weighted by atomic mass is 10.1. The second-order valence-corrected chi connectivity index (χ2v) is 6.58. The molecule has 3 heterocycles. The molecular weight excluding hydrogens is 386 g/mol. The first-order valence-electron chi connectivity index (χ1n) is 9.38. The quantitative estimate of drug-likeness (QED) is 0.520. The first-order chi connectivity index (χ1) is 14.5. The summed E-state index contributed by atoms with van der Waals surface area (Å²) in [4.78, 5) is 17.8. The molecule has 0 aliphatic heterocycles. The number of fused-ring (bicyclic) bond motifs is 1. The predicted molar refractivity (Wildman–Crippen MR) is 111 cm³/mol. The molecule has 0 unspecified atom stereocenters. The largest absolute Gasteiger partial charge is 0.497 e. The van der Waals surface area contributed by atoms with E-state index >= 15 is 0 Å². The van der Waals surface area contributed by atoms with Crippen LogP contribution >= 0.6 is 0 Å². The molecule has 0 saturated carbocycles. The van der Waals surface area contributed by atoms with E-state index in [0.29, 0.717) is 45.2 Å². The smallest absolute Gasteiger partial charge is 0.259 e. The Hall–Kier alpha value is -3.88. The van der Waals surface area contributed by atoms with E-state index in [9.17, 15) is 4.79 Å². The lowest BCUT2D eigenvalue weighted by Crippen LogP contribution is -2.14. The molecule has 0 bridgehead atoms. The van der Waals surface area contributed by atoms with Gasteiger partial charge in [0.2, 0.25) is 0 Å². The zero-order valence-electron chi connectivity index (χ0n) is 17.1. The number of methoxy groups -OCH3 is 2. The molecule has 0 saturated heterocycles. The van der Waals surface area contributed by atoms with Gasteiger partial charge in [-0.15, -0.1) is 0 Å². The Morgan fingerprint density at radius 3 is 2.70 bits per heavy atom. The average Bonchev–Trinajstić information content (AvgIpc) is 3.40. The normalized spacial score (nSPS) is 10.9. The summed E-state index contributed by atoms with van der Waals surface area (Å²) in [6.45, 7) is 4.49. The Morgan fingerprint density at radius 1 is 1.17 bits per heavy atom. The molecule has 4 aromatic rings. The molecule has 1 N–H and O–H groups in total. The monoisotopic (exact) mass is 407 g/mol. The maximum Gasteiger partial charge on any atom is 0.259 e. The molecule has 0 fully saturated rings. The van der Waals surface area contributed by atoms with E-state index in [-0.39, 0.29) is 11.6 Å². The van der Waals surface area contributed by atoms with Gasteiger partial charge in [0.1, 0.15) is 17.2 Å². The molecule has 9 nitrogen and oxygen atoms in total. The summed E-state index contributed by atoms with van der Waals surface area (Å²) in [7, 11) is 3.09. The van der Waals surface area contributed by atoms with E-state index < -0.39 is 0 Å². The molecule has 154 valence electrons. The number of pyridine rings is 1. The minimum absolute atomic E-state index is 0.277. The fourth-order valence-corrected chi connectivity index (χ4v) is 3.18. The highest BCUT2D eigenvalue weighted by molar-refractivity contribution is 6.13. The van der Waals surface area contributed by atoms with Gasteiger partial charge in [0, 0.05) is 18.8 Å². The number of hydrogen-bond donors (Lipinski definition) is 1. The second kappa shape index (κ2) is 7.86. The van der Waals surface area contributed by atoms with Crippen molar-refractivity contribution >= 4 is 22.7 Å². The van der Waals surface area contributed by atoms with Crippen LogP contribution in [-0.4, -0.2) is 40.0 Å². The summed E-state index contributed by atoms with van der Waals surface area (Å²) in [5.41, 5.74) is 2.88. The minimum Gasteiger partial charge on any atom is -0.497 e. The third-order valence-corrected chi connectivity index (χ3v) is 4.74. The van der Waals surface area contributed by atoms with Gasteiger partial charge >= 0.3 is 0 Å². The number of nitrogens with one attached hydrogen (secondary N) is 1.